The van der Waals surface area contributed by atoms with E-state index in [1.54, 1.807) is 48.5 Å². The Bertz CT molecular complexity index is 1680. The van der Waals surface area contributed by atoms with E-state index in [-0.39, 0.29) is 24.3 Å². The molecule has 2 aromatic heterocycles. The number of halogens is 3. The number of hydrogen-bond acceptors (Lipinski definition) is 4. The van der Waals surface area contributed by atoms with Crippen molar-refractivity contribution in [3.8, 4) is 5.69 Å². The third kappa shape index (κ3) is 3.55. The number of para-hydroxylation sites is 1. The molecule has 3 N–H and O–H groups in total. The molecule has 0 saturated carbocycles. The van der Waals surface area contributed by atoms with Gasteiger partial charge in [-0.05, 0) is 31.0 Å². The highest BCUT2D eigenvalue weighted by atomic mass is 19.4. The maximum absolute atomic E-state index is 15.0. The van der Waals surface area contributed by atoms with Crippen molar-refractivity contribution >= 4 is 11.7 Å². The van der Waals surface area contributed by atoms with Crippen LogP contribution in [0.2, 0.25) is 0 Å². The summed E-state index contributed by atoms with van der Waals surface area (Å²) in [5, 5.41) is 4.70. The predicted molar refractivity (Wildman–Crippen MR) is 128 cm³/mol. The lowest BCUT2D eigenvalue weighted by Gasteiger charge is -2.28. The van der Waals surface area contributed by atoms with E-state index < -0.39 is 51.3 Å². The molecular formula is C25H20F3N5O4. The minimum atomic E-state index is -5.41. The molecule has 5 rings (SSSR count). The van der Waals surface area contributed by atoms with Gasteiger partial charge in [-0.2, -0.15) is 13.2 Å². The molecule has 4 aromatic rings. The third-order valence-corrected chi connectivity index (χ3v) is 6.50. The number of rotatable bonds is 5. The van der Waals surface area contributed by atoms with Crippen LogP contribution in [0.3, 0.4) is 0 Å². The first-order valence-electron chi connectivity index (χ1n) is 11.2. The van der Waals surface area contributed by atoms with Gasteiger partial charge in [0.15, 0.2) is 0 Å². The Morgan fingerprint density at radius 3 is 2.14 bits per heavy atom. The number of hydrogen-bond donors (Lipinski definition) is 3. The molecule has 0 fully saturated rings. The van der Waals surface area contributed by atoms with Crippen molar-refractivity contribution in [2.45, 2.75) is 31.5 Å². The molecule has 1 amide bonds. The molecule has 0 unspecified atom stereocenters. The van der Waals surface area contributed by atoms with Gasteiger partial charge in [-0.15, -0.1) is 0 Å². The number of nitrogens with zero attached hydrogens (tertiary/aromatic N) is 2. The summed E-state index contributed by atoms with van der Waals surface area (Å²) >= 11 is 0. The summed E-state index contributed by atoms with van der Waals surface area (Å²) in [7, 11) is 0. The first-order chi connectivity index (χ1) is 17.6. The van der Waals surface area contributed by atoms with Gasteiger partial charge in [-0.3, -0.25) is 29.0 Å². The fraction of sp³-hybridized carbons (Fsp3) is 0.200. The van der Waals surface area contributed by atoms with Crippen LogP contribution in [0.4, 0.5) is 19.0 Å². The fourth-order valence-electron chi connectivity index (χ4n) is 4.86. The molecule has 0 spiro atoms. The Balaban J connectivity index is 1.77. The number of nitrogens with one attached hydrogen (secondary N) is 3. The second-order valence-electron chi connectivity index (χ2n) is 8.66. The summed E-state index contributed by atoms with van der Waals surface area (Å²) in [5.41, 5.74) is -8.40. The van der Waals surface area contributed by atoms with E-state index >= 15 is 13.2 Å². The highest BCUT2D eigenvalue weighted by Crippen LogP contribution is 2.51. The summed E-state index contributed by atoms with van der Waals surface area (Å²) < 4.78 is 46.8. The maximum atomic E-state index is 15.0. The summed E-state index contributed by atoms with van der Waals surface area (Å²) in [5.74, 6) is -2.22. The van der Waals surface area contributed by atoms with E-state index in [1.807, 2.05) is 4.98 Å². The van der Waals surface area contributed by atoms with Gasteiger partial charge in [0, 0.05) is 12.2 Å². The van der Waals surface area contributed by atoms with Gasteiger partial charge in [0.25, 0.3) is 17.0 Å². The number of aryl methyl sites for hydroxylation is 2. The van der Waals surface area contributed by atoms with Crippen LogP contribution in [0.15, 0.2) is 75.0 Å². The van der Waals surface area contributed by atoms with Crippen LogP contribution in [0.5, 0.6) is 0 Å². The van der Waals surface area contributed by atoms with Crippen molar-refractivity contribution in [1.29, 1.82) is 0 Å². The van der Waals surface area contributed by atoms with E-state index in [4.69, 9.17) is 0 Å². The number of amides is 1. The average molecular weight is 511 g/mol. The number of carbonyl (C=O) groups excluding carboxylic acids is 1. The molecule has 1 aliphatic rings. The van der Waals surface area contributed by atoms with Gasteiger partial charge in [0.1, 0.15) is 5.82 Å². The Kier molecular flexibility index (Phi) is 5.54. The first-order valence-corrected chi connectivity index (χ1v) is 11.2. The molecule has 0 radical (unpaired) electrons. The van der Waals surface area contributed by atoms with E-state index in [1.165, 1.54) is 19.1 Å². The molecule has 0 saturated heterocycles. The van der Waals surface area contributed by atoms with Gasteiger partial charge >= 0.3 is 11.9 Å². The lowest BCUT2D eigenvalue weighted by atomic mass is 9.75. The highest BCUT2D eigenvalue weighted by molar-refractivity contribution is 6.08. The lowest BCUT2D eigenvalue weighted by molar-refractivity contribution is -0.181. The predicted octanol–water partition coefficient (Wildman–Crippen LogP) is 2.37. The highest BCUT2D eigenvalue weighted by Gasteiger charge is 2.70. The standard InChI is InChI=1S/C25H20F3N5O4/c1-14-17(21(35)33(31-14)16-10-6-3-7-11-16)24(25(26,27)28)18-19(29-22(24)36)32(23(37)30-20(18)34)13-12-15-8-4-2-5-9-15/h2-11,31H,12-13H2,1H3,(H,29,36)(H,30,34,37)/t24-/m0/s1. The second kappa shape index (κ2) is 8.50. The monoisotopic (exact) mass is 511 g/mol. The normalized spacial score (nSPS) is 17.0. The minimum absolute atomic E-state index is 0.128. The van der Waals surface area contributed by atoms with Crippen molar-refractivity contribution in [3.63, 3.8) is 0 Å². The van der Waals surface area contributed by atoms with Crippen LogP contribution in [-0.4, -0.2) is 31.4 Å². The summed E-state index contributed by atoms with van der Waals surface area (Å²) in [4.78, 5) is 54.2. The number of benzene rings is 2. The Hall–Kier alpha value is -4.61. The Morgan fingerprint density at radius 1 is 0.892 bits per heavy atom. The summed E-state index contributed by atoms with van der Waals surface area (Å²) in [6, 6.07) is 16.7. The summed E-state index contributed by atoms with van der Waals surface area (Å²) in [6.45, 7) is 1.09. The number of anilines is 1. The van der Waals surface area contributed by atoms with Crippen LogP contribution in [0.25, 0.3) is 5.69 Å². The number of alkyl halides is 3. The van der Waals surface area contributed by atoms with E-state index in [9.17, 15) is 19.2 Å². The lowest BCUT2D eigenvalue weighted by Crippen LogP contribution is -2.54. The first kappa shape index (κ1) is 24.1. The molecular weight excluding hydrogens is 491 g/mol. The molecule has 2 aromatic carbocycles. The molecule has 190 valence electrons. The fourth-order valence-corrected chi connectivity index (χ4v) is 4.86. The molecule has 0 bridgehead atoms. The zero-order valence-corrected chi connectivity index (χ0v) is 19.3. The average Bonchev–Trinajstić information content (AvgIpc) is 3.33. The van der Waals surface area contributed by atoms with E-state index in [0.29, 0.717) is 0 Å². The van der Waals surface area contributed by atoms with Crippen LogP contribution >= 0.6 is 0 Å². The molecule has 1 atom stereocenters. The molecule has 3 heterocycles. The van der Waals surface area contributed by atoms with Gasteiger partial charge < -0.3 is 5.32 Å². The van der Waals surface area contributed by atoms with Crippen molar-refractivity contribution in [3.05, 3.63) is 114 Å². The second-order valence-corrected chi connectivity index (χ2v) is 8.66. The number of carbonyl (C=O) groups is 1. The number of H-pyrrole nitrogens is 2. The SMILES string of the molecule is Cc1[nH]n(-c2ccccc2)c(=O)c1[C@@]1(C(F)(F)F)C(=O)Nc2c1c(=O)[nH]c(=O)n2CCc1ccccc1. The van der Waals surface area contributed by atoms with Gasteiger partial charge in [-0.1, -0.05) is 48.5 Å². The van der Waals surface area contributed by atoms with Crippen molar-refractivity contribution in [2.24, 2.45) is 0 Å². The van der Waals surface area contributed by atoms with Crippen molar-refractivity contribution in [2.75, 3.05) is 5.32 Å². The number of aromatic amines is 2. The van der Waals surface area contributed by atoms with E-state index in [2.05, 4.69) is 10.4 Å². The van der Waals surface area contributed by atoms with Crippen molar-refractivity contribution in [1.82, 2.24) is 19.3 Å². The maximum Gasteiger partial charge on any atom is 0.411 e. The third-order valence-electron chi connectivity index (χ3n) is 6.50. The van der Waals surface area contributed by atoms with E-state index in [0.717, 1.165) is 14.8 Å². The number of fused-ring (bicyclic) bond motifs is 1. The quantitative estimate of drug-likeness (QED) is 0.381. The molecule has 9 nitrogen and oxygen atoms in total. The Morgan fingerprint density at radius 2 is 1.51 bits per heavy atom. The Labute approximate surface area is 206 Å². The van der Waals surface area contributed by atoms with Crippen LogP contribution < -0.4 is 22.1 Å². The van der Waals surface area contributed by atoms with Gasteiger partial charge in [0.05, 0.1) is 16.8 Å². The zero-order valence-electron chi connectivity index (χ0n) is 19.3. The van der Waals surface area contributed by atoms with Crippen molar-refractivity contribution < 1.29 is 18.0 Å². The number of aromatic nitrogens is 4. The zero-order chi connectivity index (χ0) is 26.5. The van der Waals surface area contributed by atoms with Crippen LogP contribution in [-0.2, 0) is 23.2 Å². The smallest absolute Gasteiger partial charge is 0.310 e. The summed E-state index contributed by atoms with van der Waals surface area (Å²) in [6.07, 6.45) is -5.17. The molecule has 1 aliphatic heterocycles. The van der Waals surface area contributed by atoms with Crippen LogP contribution in [0.1, 0.15) is 22.4 Å². The van der Waals surface area contributed by atoms with Gasteiger partial charge in [-0.25, -0.2) is 9.48 Å². The largest absolute Gasteiger partial charge is 0.411 e. The molecule has 37 heavy (non-hydrogen) atoms. The molecule has 12 heteroatoms. The minimum Gasteiger partial charge on any atom is -0.310 e. The van der Waals surface area contributed by atoms with Crippen LogP contribution in [0, 0.1) is 6.92 Å². The van der Waals surface area contributed by atoms with Gasteiger partial charge in [0.2, 0.25) is 5.41 Å². The molecule has 0 aliphatic carbocycles. The topological polar surface area (TPSA) is 122 Å².